The Balaban J connectivity index is 1.85. The first kappa shape index (κ1) is 13.3. The monoisotopic (exact) mass is 265 g/mol. The third kappa shape index (κ3) is 3.42. The third-order valence-corrected chi connectivity index (χ3v) is 4.32. The molecule has 3 nitrogen and oxygen atoms in total. The number of hydrogen-bond acceptors (Lipinski definition) is 3. The number of rotatable bonds is 3. The van der Waals surface area contributed by atoms with Crippen molar-refractivity contribution in [1.29, 1.82) is 0 Å². The van der Waals surface area contributed by atoms with Crippen molar-refractivity contribution in [3.05, 3.63) is 24.3 Å². The van der Waals surface area contributed by atoms with Gasteiger partial charge in [0, 0.05) is 17.5 Å². The van der Waals surface area contributed by atoms with Gasteiger partial charge in [0.1, 0.15) is 5.75 Å². The van der Waals surface area contributed by atoms with Crippen LogP contribution in [0.2, 0.25) is 0 Å². The number of nitrogens with zero attached hydrogens (tertiary/aromatic N) is 1. The molecule has 1 unspecified atom stereocenters. The number of hydrogen-bond donors (Lipinski definition) is 1. The molecule has 4 heteroatoms. The molecule has 1 saturated heterocycles. The Labute approximate surface area is 112 Å². The van der Waals surface area contributed by atoms with Crippen LogP contribution in [0.25, 0.3) is 0 Å². The molecule has 1 atom stereocenters. The molecule has 18 heavy (non-hydrogen) atoms. The number of amides is 1. The van der Waals surface area contributed by atoms with Crippen LogP contribution in [-0.4, -0.2) is 34.3 Å². The molecule has 1 fully saturated rings. The summed E-state index contributed by atoms with van der Waals surface area (Å²) < 4.78 is 0. The van der Waals surface area contributed by atoms with E-state index in [0.717, 1.165) is 24.3 Å². The fraction of sp³-hybridized carbons (Fsp3) is 0.500. The van der Waals surface area contributed by atoms with Gasteiger partial charge in [-0.1, -0.05) is 0 Å². The van der Waals surface area contributed by atoms with E-state index >= 15 is 0 Å². The Kier molecular flexibility index (Phi) is 4.53. The number of phenolic OH excluding ortho intramolecular Hbond substituents is 1. The summed E-state index contributed by atoms with van der Waals surface area (Å²) in [6.45, 7) is 3.03. The van der Waals surface area contributed by atoms with E-state index in [2.05, 4.69) is 6.92 Å². The molecule has 1 aliphatic rings. The maximum atomic E-state index is 12.1. The highest BCUT2D eigenvalue weighted by Gasteiger charge is 2.22. The van der Waals surface area contributed by atoms with Gasteiger partial charge in [-0.05, 0) is 50.5 Å². The van der Waals surface area contributed by atoms with Gasteiger partial charge in [-0.2, -0.15) is 0 Å². The van der Waals surface area contributed by atoms with E-state index in [1.165, 1.54) is 18.2 Å². The molecule has 2 rings (SSSR count). The summed E-state index contributed by atoms with van der Waals surface area (Å²) in [7, 11) is 0. The Hall–Kier alpha value is -1.16. The number of carbonyl (C=O) groups is 1. The zero-order chi connectivity index (χ0) is 13.0. The number of carbonyl (C=O) groups excluding carboxylic acids is 1. The SMILES string of the molecule is CC1CCCCN1C(=O)CSc1ccc(O)cc1. The third-order valence-electron chi connectivity index (χ3n) is 3.32. The first-order valence-electron chi connectivity index (χ1n) is 6.38. The maximum Gasteiger partial charge on any atom is 0.233 e. The lowest BCUT2D eigenvalue weighted by atomic mass is 10.0. The molecule has 98 valence electrons. The molecular formula is C14H19NO2S. The van der Waals surface area contributed by atoms with Crippen LogP contribution in [0.15, 0.2) is 29.2 Å². The summed E-state index contributed by atoms with van der Waals surface area (Å²) in [5.74, 6) is 0.963. The van der Waals surface area contributed by atoms with Gasteiger partial charge >= 0.3 is 0 Å². The van der Waals surface area contributed by atoms with E-state index in [-0.39, 0.29) is 11.7 Å². The summed E-state index contributed by atoms with van der Waals surface area (Å²) in [6, 6.07) is 7.36. The summed E-state index contributed by atoms with van der Waals surface area (Å²) in [6.07, 6.45) is 3.48. The minimum Gasteiger partial charge on any atom is -0.508 e. The quantitative estimate of drug-likeness (QED) is 0.854. The molecule has 1 amide bonds. The second kappa shape index (κ2) is 6.14. The highest BCUT2D eigenvalue weighted by Crippen LogP contribution is 2.23. The van der Waals surface area contributed by atoms with Gasteiger partial charge in [0.05, 0.1) is 5.75 Å². The molecule has 0 aliphatic carbocycles. The van der Waals surface area contributed by atoms with Crippen molar-refractivity contribution < 1.29 is 9.90 Å². The zero-order valence-corrected chi connectivity index (χ0v) is 11.4. The number of thioether (sulfide) groups is 1. The standard InChI is InChI=1S/C14H19NO2S/c1-11-4-2-3-9-15(11)14(17)10-18-13-7-5-12(16)6-8-13/h5-8,11,16H,2-4,9-10H2,1H3. The van der Waals surface area contributed by atoms with Gasteiger partial charge in [-0.15, -0.1) is 11.8 Å². The summed E-state index contributed by atoms with van der Waals surface area (Å²) in [4.78, 5) is 15.1. The Bertz CT molecular complexity index is 405. The van der Waals surface area contributed by atoms with Crippen molar-refractivity contribution >= 4 is 17.7 Å². The highest BCUT2D eigenvalue weighted by molar-refractivity contribution is 8.00. The second-order valence-corrected chi connectivity index (χ2v) is 5.76. The summed E-state index contributed by atoms with van der Waals surface area (Å²) >= 11 is 1.53. The van der Waals surface area contributed by atoms with Crippen molar-refractivity contribution in [2.45, 2.75) is 37.1 Å². The van der Waals surface area contributed by atoms with Gasteiger partial charge in [0.15, 0.2) is 0 Å². The number of benzene rings is 1. The van der Waals surface area contributed by atoms with Crippen LogP contribution in [0.5, 0.6) is 5.75 Å². The number of piperidine rings is 1. The summed E-state index contributed by atoms with van der Waals surface area (Å²) in [5.41, 5.74) is 0. The van der Waals surface area contributed by atoms with Crippen molar-refractivity contribution in [2.75, 3.05) is 12.3 Å². The normalized spacial score (nSPS) is 19.8. The molecular weight excluding hydrogens is 246 g/mol. The number of likely N-dealkylation sites (tertiary alicyclic amines) is 1. The molecule has 1 heterocycles. The lowest BCUT2D eigenvalue weighted by molar-refractivity contribution is -0.131. The molecule has 0 spiro atoms. The van der Waals surface area contributed by atoms with Crippen molar-refractivity contribution in [3.63, 3.8) is 0 Å². The highest BCUT2D eigenvalue weighted by atomic mass is 32.2. The predicted molar refractivity (Wildman–Crippen MR) is 73.9 cm³/mol. The maximum absolute atomic E-state index is 12.1. The first-order valence-corrected chi connectivity index (χ1v) is 7.36. The van der Waals surface area contributed by atoms with Crippen LogP contribution < -0.4 is 0 Å². The fourth-order valence-electron chi connectivity index (χ4n) is 2.24. The average molecular weight is 265 g/mol. The lowest BCUT2D eigenvalue weighted by Crippen LogP contribution is -2.42. The lowest BCUT2D eigenvalue weighted by Gasteiger charge is -2.33. The van der Waals surface area contributed by atoms with Gasteiger partial charge in [0.2, 0.25) is 5.91 Å². The molecule has 1 aromatic rings. The largest absolute Gasteiger partial charge is 0.508 e. The van der Waals surface area contributed by atoms with Crippen LogP contribution in [0.4, 0.5) is 0 Å². The Morgan fingerprint density at radius 2 is 2.11 bits per heavy atom. The second-order valence-electron chi connectivity index (χ2n) is 4.71. The Morgan fingerprint density at radius 3 is 2.78 bits per heavy atom. The first-order chi connectivity index (χ1) is 8.66. The fourth-order valence-corrected chi connectivity index (χ4v) is 3.02. The van der Waals surface area contributed by atoms with Crippen molar-refractivity contribution in [1.82, 2.24) is 4.90 Å². The number of phenols is 1. The van der Waals surface area contributed by atoms with E-state index in [1.54, 1.807) is 12.1 Å². The molecule has 0 aromatic heterocycles. The Morgan fingerprint density at radius 1 is 1.39 bits per heavy atom. The van der Waals surface area contributed by atoms with Crippen molar-refractivity contribution in [3.8, 4) is 5.75 Å². The van der Waals surface area contributed by atoms with Crippen LogP contribution in [0.3, 0.4) is 0 Å². The molecule has 1 aromatic carbocycles. The molecule has 1 N–H and O–H groups in total. The van der Waals surface area contributed by atoms with E-state index in [1.807, 2.05) is 17.0 Å². The predicted octanol–water partition coefficient (Wildman–Crippen LogP) is 2.89. The van der Waals surface area contributed by atoms with Gasteiger partial charge in [-0.3, -0.25) is 4.79 Å². The van der Waals surface area contributed by atoms with E-state index in [4.69, 9.17) is 0 Å². The van der Waals surface area contributed by atoms with E-state index in [0.29, 0.717) is 11.8 Å². The van der Waals surface area contributed by atoms with Crippen molar-refractivity contribution in [2.24, 2.45) is 0 Å². The number of aromatic hydroxyl groups is 1. The topological polar surface area (TPSA) is 40.5 Å². The molecule has 0 saturated carbocycles. The minimum absolute atomic E-state index is 0.222. The van der Waals surface area contributed by atoms with Crippen LogP contribution in [-0.2, 0) is 4.79 Å². The van der Waals surface area contributed by atoms with Crippen LogP contribution in [0.1, 0.15) is 26.2 Å². The van der Waals surface area contributed by atoms with Crippen LogP contribution in [0, 0.1) is 0 Å². The van der Waals surface area contributed by atoms with Gasteiger partial charge in [0.25, 0.3) is 0 Å². The molecule has 0 radical (unpaired) electrons. The molecule has 1 aliphatic heterocycles. The van der Waals surface area contributed by atoms with Crippen LogP contribution >= 0.6 is 11.8 Å². The molecule has 0 bridgehead atoms. The van der Waals surface area contributed by atoms with E-state index < -0.39 is 0 Å². The average Bonchev–Trinajstić information content (AvgIpc) is 2.38. The summed E-state index contributed by atoms with van der Waals surface area (Å²) in [5, 5.41) is 9.19. The minimum atomic E-state index is 0.222. The van der Waals surface area contributed by atoms with Gasteiger partial charge < -0.3 is 10.0 Å². The zero-order valence-electron chi connectivity index (χ0n) is 10.6. The van der Waals surface area contributed by atoms with E-state index in [9.17, 15) is 9.90 Å². The smallest absolute Gasteiger partial charge is 0.233 e. The van der Waals surface area contributed by atoms with Gasteiger partial charge in [-0.25, -0.2) is 0 Å².